The van der Waals surface area contributed by atoms with Gasteiger partial charge in [0.1, 0.15) is 5.78 Å². The number of aliphatic hydroxyl groups excluding tert-OH is 1. The highest BCUT2D eigenvalue weighted by molar-refractivity contribution is 5.75. The van der Waals surface area contributed by atoms with Crippen LogP contribution in [0.3, 0.4) is 0 Å². The molecule has 0 unspecified atom stereocenters. The summed E-state index contributed by atoms with van der Waals surface area (Å²) in [6.07, 6.45) is -2.48. The molecule has 0 aromatic carbocycles. The fraction of sp³-hybridized carbons (Fsp3) is 0.833. The lowest BCUT2D eigenvalue weighted by molar-refractivity contribution is -0.117. The maximum atomic E-state index is 11.1. The van der Waals surface area contributed by atoms with Gasteiger partial charge in [0.05, 0.1) is 0 Å². The molecule has 0 rings (SSSR count). The number of carbonyl (C=O) groups is 1. The minimum Gasteiger partial charge on any atom is -0.396 e. The summed E-state index contributed by atoms with van der Waals surface area (Å²) in [6, 6.07) is 0. The molecule has 0 amide bonds. The molecule has 0 heterocycles. The molecule has 0 aliphatic rings. The van der Waals surface area contributed by atoms with Crippen LogP contribution < -0.4 is 0 Å². The van der Waals surface area contributed by atoms with Crippen molar-refractivity contribution in [2.24, 2.45) is 0 Å². The van der Waals surface area contributed by atoms with Gasteiger partial charge in [-0.25, -0.2) is 0 Å². The first kappa shape index (κ1) is 2.10. The zero-order valence-electron chi connectivity index (χ0n) is 10.4. The molecule has 0 saturated carbocycles. The molecule has 0 aliphatic carbocycles. The summed E-state index contributed by atoms with van der Waals surface area (Å²) < 4.78 is 41.0. The van der Waals surface area contributed by atoms with Crippen LogP contribution in [0, 0.1) is 0 Å². The van der Waals surface area contributed by atoms with Crippen LogP contribution >= 0.6 is 0 Å². The summed E-state index contributed by atoms with van der Waals surface area (Å²) in [5.74, 6) is -1.39. The Hall–Kier alpha value is -0.370. The third kappa shape index (κ3) is 5.63. The SMILES string of the molecule is [2H]OCCCC([2H])([2H])C(=O)C([2H])([2H])[2H]. The summed E-state index contributed by atoms with van der Waals surface area (Å²) in [5, 5.41) is 3.93. The minimum atomic E-state index is -2.91. The fourth-order valence-electron chi connectivity index (χ4n) is 0.274. The number of aliphatic hydroxyl groups is 1. The molecule has 8 heavy (non-hydrogen) atoms. The van der Waals surface area contributed by atoms with Crippen LogP contribution in [0.2, 0.25) is 0 Å². The monoisotopic (exact) mass is 122 g/mol. The molecule has 0 atom stereocenters. The van der Waals surface area contributed by atoms with Crippen molar-refractivity contribution in [1.82, 2.24) is 0 Å². The van der Waals surface area contributed by atoms with Gasteiger partial charge in [0.2, 0.25) is 1.43 Å². The maximum Gasteiger partial charge on any atom is 0.210 e. The molecule has 0 aromatic heterocycles. The molecule has 48 valence electrons. The quantitative estimate of drug-likeness (QED) is 0.546. The Morgan fingerprint density at radius 1 is 2.00 bits per heavy atom. The van der Waals surface area contributed by atoms with E-state index in [1.54, 1.807) is 0 Å². The number of ketones is 1. The molecule has 2 heteroatoms. The lowest BCUT2D eigenvalue weighted by Crippen LogP contribution is -1.90. The zero-order chi connectivity index (χ0) is 11.4. The van der Waals surface area contributed by atoms with Crippen molar-refractivity contribution in [1.29, 1.82) is 1.43 Å². The van der Waals surface area contributed by atoms with Crippen molar-refractivity contribution < 1.29 is 16.8 Å². The van der Waals surface area contributed by atoms with Gasteiger partial charge < -0.3 is 9.90 Å². The lowest BCUT2D eigenvalue weighted by atomic mass is 10.2. The van der Waals surface area contributed by atoms with Crippen molar-refractivity contribution in [3.8, 4) is 0 Å². The number of carbonyl (C=O) groups excluding carboxylic acids is 1. The lowest BCUT2D eigenvalue weighted by Gasteiger charge is -1.90. The second-order valence-corrected chi connectivity index (χ2v) is 1.31. The zero-order valence-corrected chi connectivity index (χ0v) is 4.44. The first-order valence-electron chi connectivity index (χ1n) is 5.25. The smallest absolute Gasteiger partial charge is 0.210 e. The van der Waals surface area contributed by atoms with Crippen molar-refractivity contribution >= 4 is 5.78 Å². The van der Waals surface area contributed by atoms with Crippen LogP contribution in [0.25, 0.3) is 0 Å². The standard InChI is InChI=1S/C6H12O2/c1-6(8)4-2-3-5-7/h7H,2-5H2,1H3/i1D3,4D2,7D. The third-order valence-corrected chi connectivity index (χ3v) is 0.607. The highest BCUT2D eigenvalue weighted by atomic mass is 16.2. The van der Waals surface area contributed by atoms with Gasteiger partial charge in [0.15, 0.2) is 0 Å². The molecule has 0 aromatic rings. The summed E-state index contributed by atoms with van der Waals surface area (Å²) in [7, 11) is 0. The van der Waals surface area contributed by atoms with Crippen LogP contribution in [-0.2, 0) is 4.79 Å². The van der Waals surface area contributed by atoms with Crippen LogP contribution in [-0.4, -0.2) is 18.9 Å². The van der Waals surface area contributed by atoms with Gasteiger partial charge >= 0.3 is 0 Å². The minimum absolute atomic E-state index is 0.0200. The van der Waals surface area contributed by atoms with Gasteiger partial charge in [0.25, 0.3) is 0 Å². The molecule has 0 bridgehead atoms. The third-order valence-electron chi connectivity index (χ3n) is 0.607. The Morgan fingerprint density at radius 3 is 3.50 bits per heavy atom. The Bertz CT molecular complexity index is 199. The molecule has 0 fully saturated rings. The first-order valence-corrected chi connectivity index (χ1v) is 2.35. The second-order valence-electron chi connectivity index (χ2n) is 1.31. The highest BCUT2D eigenvalue weighted by Crippen LogP contribution is 1.93. The predicted molar refractivity (Wildman–Crippen MR) is 31.6 cm³/mol. The largest absolute Gasteiger partial charge is 0.396 e. The Labute approximate surface area is 58.0 Å². The first-order chi connectivity index (χ1) is 6.22. The second kappa shape index (κ2) is 4.78. The summed E-state index contributed by atoms with van der Waals surface area (Å²) in [4.78, 5) is 11.1. The number of Topliss-reactive ketones (excluding diaryl/α,β-unsaturated/α-hetero) is 1. The van der Waals surface area contributed by atoms with Crippen molar-refractivity contribution in [3.05, 3.63) is 0 Å². The van der Waals surface area contributed by atoms with E-state index in [0.717, 1.165) is 0 Å². The fourth-order valence-corrected chi connectivity index (χ4v) is 0.274. The average Bonchev–Trinajstić information content (AvgIpc) is 2.01. The van der Waals surface area contributed by atoms with E-state index < -0.39 is 19.0 Å². The Morgan fingerprint density at radius 2 is 2.88 bits per heavy atom. The number of rotatable bonds is 5. The Balaban J connectivity index is 4.24. The summed E-state index contributed by atoms with van der Waals surface area (Å²) >= 11 is 0. The molecule has 0 spiro atoms. The van der Waals surface area contributed by atoms with Crippen LogP contribution in [0.15, 0.2) is 0 Å². The van der Waals surface area contributed by atoms with E-state index in [0.29, 0.717) is 0 Å². The van der Waals surface area contributed by atoms with E-state index in [-0.39, 0.29) is 19.4 Å². The van der Waals surface area contributed by atoms with Gasteiger partial charge in [-0.15, -0.1) is 0 Å². The molecule has 0 radical (unpaired) electrons. The molecule has 0 aliphatic heterocycles. The Kier molecular flexibility index (Phi) is 1.26. The van der Waals surface area contributed by atoms with Crippen LogP contribution in [0.1, 0.15) is 32.9 Å². The molecule has 2 nitrogen and oxygen atoms in total. The van der Waals surface area contributed by atoms with E-state index in [1.807, 2.05) is 0 Å². The summed E-state index contributed by atoms with van der Waals surface area (Å²) in [5.41, 5.74) is 0. The maximum absolute atomic E-state index is 11.1. The highest BCUT2D eigenvalue weighted by Gasteiger charge is 1.90. The van der Waals surface area contributed by atoms with Crippen molar-refractivity contribution in [2.75, 3.05) is 6.61 Å². The molecule has 1 N–H and O–H groups in total. The molecule has 0 saturated heterocycles. The normalized spacial score (nSPS) is 23.5. The van der Waals surface area contributed by atoms with Crippen LogP contribution in [0.4, 0.5) is 0 Å². The van der Waals surface area contributed by atoms with Crippen LogP contribution in [0.5, 0.6) is 0 Å². The molecular weight excluding hydrogens is 104 g/mol. The van der Waals surface area contributed by atoms with Gasteiger partial charge in [0, 0.05) is 19.8 Å². The van der Waals surface area contributed by atoms with E-state index in [1.165, 1.54) is 0 Å². The van der Waals surface area contributed by atoms with Gasteiger partial charge in [-0.05, 0) is 19.7 Å². The van der Waals surface area contributed by atoms with Crippen molar-refractivity contribution in [2.45, 2.75) is 26.1 Å². The van der Waals surface area contributed by atoms with E-state index in [9.17, 15) is 4.79 Å². The topological polar surface area (TPSA) is 37.3 Å². The number of hydrogen-bond acceptors (Lipinski definition) is 2. The summed E-state index contributed by atoms with van der Waals surface area (Å²) in [6.45, 7) is -2.93. The van der Waals surface area contributed by atoms with Gasteiger partial charge in [-0.1, -0.05) is 0 Å². The average molecular weight is 122 g/mol. The van der Waals surface area contributed by atoms with E-state index in [4.69, 9.17) is 8.28 Å². The predicted octanol–water partition coefficient (Wildman–Crippen LogP) is 0.738. The van der Waals surface area contributed by atoms with Gasteiger partial charge in [-0.2, -0.15) is 0 Å². The number of hydrogen-bond donors (Lipinski definition) is 1. The van der Waals surface area contributed by atoms with E-state index in [2.05, 4.69) is 5.11 Å². The van der Waals surface area contributed by atoms with Gasteiger partial charge in [-0.3, -0.25) is 0 Å². The molecular formula is C6H12O2. The van der Waals surface area contributed by atoms with E-state index >= 15 is 0 Å². The van der Waals surface area contributed by atoms with Crippen molar-refractivity contribution in [3.63, 3.8) is 0 Å².